The SMILES string of the molecule is CCOC(=O)c1c(-c2cc(C)ccc2OC)csc1NC(=O)C(C)N1C(=O)c2ccccc2C1=O. The van der Waals surface area contributed by atoms with E-state index in [1.807, 2.05) is 19.1 Å². The van der Waals surface area contributed by atoms with Crippen LogP contribution in [0.4, 0.5) is 5.00 Å². The number of methoxy groups -OCH3 is 1. The van der Waals surface area contributed by atoms with Crippen LogP contribution in [-0.4, -0.2) is 48.3 Å². The number of hydrogen-bond acceptors (Lipinski definition) is 7. The number of nitrogens with one attached hydrogen (secondary N) is 1. The van der Waals surface area contributed by atoms with E-state index in [1.165, 1.54) is 14.0 Å². The summed E-state index contributed by atoms with van der Waals surface area (Å²) < 4.78 is 10.8. The first-order chi connectivity index (χ1) is 16.8. The molecule has 0 aliphatic carbocycles. The summed E-state index contributed by atoms with van der Waals surface area (Å²) in [6.07, 6.45) is 0. The molecule has 3 aromatic rings. The van der Waals surface area contributed by atoms with E-state index in [2.05, 4.69) is 5.32 Å². The lowest BCUT2D eigenvalue weighted by atomic mass is 10.0. The number of carbonyl (C=O) groups excluding carboxylic acids is 4. The van der Waals surface area contributed by atoms with Crippen molar-refractivity contribution in [1.29, 1.82) is 0 Å². The molecule has 9 heteroatoms. The molecule has 1 aliphatic heterocycles. The molecule has 2 aromatic carbocycles. The van der Waals surface area contributed by atoms with Gasteiger partial charge in [0.1, 0.15) is 22.4 Å². The fourth-order valence-corrected chi connectivity index (χ4v) is 4.93. The molecule has 3 amide bonds. The Kier molecular flexibility index (Phi) is 6.70. The van der Waals surface area contributed by atoms with Crippen molar-refractivity contribution in [3.8, 4) is 16.9 Å². The first-order valence-corrected chi connectivity index (χ1v) is 11.9. The van der Waals surface area contributed by atoms with Crippen LogP contribution in [0.25, 0.3) is 11.1 Å². The highest BCUT2D eigenvalue weighted by atomic mass is 32.1. The molecule has 1 aromatic heterocycles. The zero-order valence-corrected chi connectivity index (χ0v) is 20.5. The Bertz CT molecular complexity index is 1310. The van der Waals surface area contributed by atoms with Gasteiger partial charge < -0.3 is 14.8 Å². The van der Waals surface area contributed by atoms with Crippen LogP contribution in [0.3, 0.4) is 0 Å². The van der Waals surface area contributed by atoms with Crippen molar-refractivity contribution >= 4 is 40.0 Å². The highest BCUT2D eigenvalue weighted by molar-refractivity contribution is 7.15. The van der Waals surface area contributed by atoms with Gasteiger partial charge in [-0.05, 0) is 45.0 Å². The maximum absolute atomic E-state index is 13.2. The summed E-state index contributed by atoms with van der Waals surface area (Å²) in [4.78, 5) is 52.6. The summed E-state index contributed by atoms with van der Waals surface area (Å²) in [5.74, 6) is -1.70. The molecule has 0 fully saturated rings. The fourth-order valence-electron chi connectivity index (χ4n) is 3.98. The first kappa shape index (κ1) is 24.2. The van der Waals surface area contributed by atoms with Crippen molar-refractivity contribution < 1.29 is 28.7 Å². The Hall–Kier alpha value is -3.98. The van der Waals surface area contributed by atoms with E-state index in [1.54, 1.807) is 42.6 Å². The number of fused-ring (bicyclic) bond motifs is 1. The second-order valence-corrected chi connectivity index (χ2v) is 8.85. The molecule has 0 spiro atoms. The number of carbonyl (C=O) groups is 4. The quantitative estimate of drug-likeness (QED) is 0.384. The van der Waals surface area contributed by atoms with Gasteiger partial charge in [0.15, 0.2) is 0 Å². The van der Waals surface area contributed by atoms with E-state index < -0.39 is 29.7 Å². The van der Waals surface area contributed by atoms with Crippen LogP contribution in [-0.2, 0) is 9.53 Å². The first-order valence-electron chi connectivity index (χ1n) is 11.0. The van der Waals surface area contributed by atoms with Gasteiger partial charge in [-0.25, -0.2) is 4.79 Å². The highest BCUT2D eigenvalue weighted by Gasteiger charge is 2.41. The van der Waals surface area contributed by atoms with Crippen LogP contribution in [0.1, 0.15) is 50.5 Å². The molecule has 0 radical (unpaired) electrons. The zero-order valence-electron chi connectivity index (χ0n) is 19.7. The number of hydrogen-bond donors (Lipinski definition) is 1. The second kappa shape index (κ2) is 9.71. The largest absolute Gasteiger partial charge is 0.496 e. The molecule has 1 N–H and O–H groups in total. The van der Waals surface area contributed by atoms with Gasteiger partial charge in [0.05, 0.1) is 24.8 Å². The molecule has 1 unspecified atom stereocenters. The molecule has 0 saturated heterocycles. The molecule has 1 atom stereocenters. The van der Waals surface area contributed by atoms with E-state index in [-0.39, 0.29) is 28.3 Å². The van der Waals surface area contributed by atoms with Gasteiger partial charge in [-0.15, -0.1) is 11.3 Å². The predicted molar refractivity (Wildman–Crippen MR) is 132 cm³/mol. The molecule has 0 saturated carbocycles. The number of rotatable bonds is 7. The van der Waals surface area contributed by atoms with Gasteiger partial charge >= 0.3 is 5.97 Å². The van der Waals surface area contributed by atoms with E-state index in [4.69, 9.17) is 9.47 Å². The van der Waals surface area contributed by atoms with Crippen LogP contribution in [0.2, 0.25) is 0 Å². The topological polar surface area (TPSA) is 102 Å². The van der Waals surface area contributed by atoms with Crippen molar-refractivity contribution in [3.63, 3.8) is 0 Å². The van der Waals surface area contributed by atoms with Crippen LogP contribution >= 0.6 is 11.3 Å². The summed E-state index contributed by atoms with van der Waals surface area (Å²) in [7, 11) is 1.54. The summed E-state index contributed by atoms with van der Waals surface area (Å²) in [5, 5.41) is 4.73. The average Bonchev–Trinajstić information content (AvgIpc) is 3.37. The van der Waals surface area contributed by atoms with Gasteiger partial charge in [0, 0.05) is 16.5 Å². The van der Waals surface area contributed by atoms with Gasteiger partial charge in [0.2, 0.25) is 5.91 Å². The summed E-state index contributed by atoms with van der Waals surface area (Å²) in [6.45, 7) is 5.24. The van der Waals surface area contributed by atoms with Gasteiger partial charge in [-0.2, -0.15) is 0 Å². The normalized spacial score (nSPS) is 13.4. The smallest absolute Gasteiger partial charge is 0.341 e. The Morgan fingerprint density at radius 1 is 1.03 bits per heavy atom. The summed E-state index contributed by atoms with van der Waals surface area (Å²) >= 11 is 1.15. The van der Waals surface area contributed by atoms with Crippen molar-refractivity contribution in [3.05, 3.63) is 70.1 Å². The van der Waals surface area contributed by atoms with Gasteiger partial charge in [0.25, 0.3) is 11.8 Å². The van der Waals surface area contributed by atoms with Crippen LogP contribution in [0.15, 0.2) is 47.8 Å². The maximum Gasteiger partial charge on any atom is 0.341 e. The molecular formula is C26H24N2O6S. The maximum atomic E-state index is 13.2. The van der Waals surface area contributed by atoms with Crippen LogP contribution < -0.4 is 10.1 Å². The lowest BCUT2D eigenvalue weighted by Gasteiger charge is -2.21. The van der Waals surface area contributed by atoms with Gasteiger partial charge in [-0.1, -0.05) is 23.8 Å². The van der Waals surface area contributed by atoms with Crippen molar-refractivity contribution in [1.82, 2.24) is 4.90 Å². The zero-order chi connectivity index (χ0) is 25.3. The lowest BCUT2D eigenvalue weighted by Crippen LogP contribution is -2.45. The standard InChI is InChI=1S/C26H24N2O6S/c1-5-34-26(32)21-19(18-12-14(2)10-11-20(18)33-4)13-35-23(21)27-22(29)15(3)28-24(30)16-8-6-7-9-17(16)25(28)31/h6-13,15H,5H2,1-4H3,(H,27,29). The number of ether oxygens (including phenoxy) is 2. The summed E-state index contributed by atoms with van der Waals surface area (Å²) in [6, 6.07) is 10.9. The third-order valence-electron chi connectivity index (χ3n) is 5.74. The van der Waals surface area contributed by atoms with Crippen molar-refractivity contribution in [2.75, 3.05) is 19.0 Å². The Balaban J connectivity index is 1.68. The molecule has 180 valence electrons. The number of nitrogens with zero attached hydrogens (tertiary/aromatic N) is 1. The fraction of sp³-hybridized carbons (Fsp3) is 0.231. The van der Waals surface area contributed by atoms with Crippen LogP contribution in [0, 0.1) is 6.92 Å². The predicted octanol–water partition coefficient (Wildman–Crippen LogP) is 4.53. The number of esters is 1. The van der Waals surface area contributed by atoms with E-state index in [0.29, 0.717) is 16.9 Å². The molecule has 4 rings (SSSR count). The van der Waals surface area contributed by atoms with E-state index in [9.17, 15) is 19.2 Å². The Morgan fingerprint density at radius 3 is 2.29 bits per heavy atom. The Morgan fingerprint density at radius 2 is 1.69 bits per heavy atom. The minimum absolute atomic E-state index is 0.151. The minimum atomic E-state index is -1.10. The number of imide groups is 1. The lowest BCUT2D eigenvalue weighted by molar-refractivity contribution is -0.119. The molecule has 2 heterocycles. The van der Waals surface area contributed by atoms with Crippen molar-refractivity contribution in [2.24, 2.45) is 0 Å². The average molecular weight is 493 g/mol. The number of thiophene rings is 1. The van der Waals surface area contributed by atoms with Gasteiger partial charge in [-0.3, -0.25) is 19.3 Å². The molecule has 1 aliphatic rings. The molecule has 35 heavy (non-hydrogen) atoms. The molecular weight excluding hydrogens is 468 g/mol. The van der Waals surface area contributed by atoms with E-state index >= 15 is 0 Å². The third kappa shape index (κ3) is 4.30. The summed E-state index contributed by atoms with van der Waals surface area (Å²) in [5.41, 5.74) is 2.90. The minimum Gasteiger partial charge on any atom is -0.496 e. The number of benzene rings is 2. The third-order valence-corrected chi connectivity index (χ3v) is 6.64. The second-order valence-electron chi connectivity index (χ2n) is 7.97. The molecule has 8 nitrogen and oxygen atoms in total. The number of anilines is 1. The monoisotopic (exact) mass is 492 g/mol. The van der Waals surface area contributed by atoms with Crippen molar-refractivity contribution in [2.45, 2.75) is 26.8 Å². The highest BCUT2D eigenvalue weighted by Crippen LogP contribution is 2.41. The molecule has 0 bridgehead atoms. The van der Waals surface area contributed by atoms with Crippen LogP contribution in [0.5, 0.6) is 5.75 Å². The number of amides is 3. The number of aryl methyl sites for hydroxylation is 1. The van der Waals surface area contributed by atoms with E-state index in [0.717, 1.165) is 21.8 Å². The Labute approximate surface area is 206 Å².